The van der Waals surface area contributed by atoms with Gasteiger partial charge in [0.05, 0.1) is 42.5 Å². The molecule has 0 amide bonds. The van der Waals surface area contributed by atoms with E-state index >= 15 is 0 Å². The van der Waals surface area contributed by atoms with Crippen LogP contribution in [0.15, 0.2) is 23.1 Å². The lowest BCUT2D eigenvalue weighted by atomic mass is 9.94. The predicted molar refractivity (Wildman–Crippen MR) is 113 cm³/mol. The SMILES string of the molecule is CCC[NH+]1CCN(c2ccc(S(=O)(=O)N3C[C@H](C)C[C@@H](C)C3)cc2[N+](=O)[O-])CC1. The first kappa shape index (κ1) is 22.0. The number of sulfonamides is 1. The molecule has 0 aliphatic carbocycles. The van der Waals surface area contributed by atoms with Gasteiger partial charge in [0.25, 0.3) is 5.69 Å². The number of piperidine rings is 1. The Balaban J connectivity index is 1.85. The van der Waals surface area contributed by atoms with Gasteiger partial charge < -0.3 is 9.80 Å². The van der Waals surface area contributed by atoms with Crippen LogP contribution in [0, 0.1) is 22.0 Å². The van der Waals surface area contributed by atoms with E-state index in [1.165, 1.54) is 21.3 Å². The van der Waals surface area contributed by atoms with Crippen molar-refractivity contribution < 1.29 is 18.2 Å². The van der Waals surface area contributed by atoms with Crippen molar-refractivity contribution in [2.75, 3.05) is 50.7 Å². The van der Waals surface area contributed by atoms with Crippen molar-refractivity contribution in [2.45, 2.75) is 38.5 Å². The third-order valence-electron chi connectivity index (χ3n) is 6.03. The zero-order chi connectivity index (χ0) is 21.2. The normalized spacial score (nSPS) is 24.6. The highest BCUT2D eigenvalue weighted by Crippen LogP contribution is 2.33. The van der Waals surface area contributed by atoms with Crippen molar-refractivity contribution in [3.8, 4) is 0 Å². The van der Waals surface area contributed by atoms with Gasteiger partial charge in [-0.3, -0.25) is 10.1 Å². The molecule has 9 heteroatoms. The van der Waals surface area contributed by atoms with Crippen molar-refractivity contribution >= 4 is 21.4 Å². The number of benzene rings is 1. The summed E-state index contributed by atoms with van der Waals surface area (Å²) in [4.78, 5) is 14.8. The summed E-state index contributed by atoms with van der Waals surface area (Å²) in [5.74, 6) is 0.564. The second-order valence-corrected chi connectivity index (χ2v) is 10.6. The highest BCUT2D eigenvalue weighted by molar-refractivity contribution is 7.89. The van der Waals surface area contributed by atoms with E-state index in [4.69, 9.17) is 0 Å². The van der Waals surface area contributed by atoms with Gasteiger partial charge in [-0.1, -0.05) is 20.8 Å². The Bertz CT molecular complexity index is 827. The molecule has 1 N–H and O–H groups in total. The minimum Gasteiger partial charge on any atom is -0.355 e. The first-order valence-corrected chi connectivity index (χ1v) is 12.0. The fourth-order valence-corrected chi connectivity index (χ4v) is 6.40. The van der Waals surface area contributed by atoms with Gasteiger partial charge in [-0.25, -0.2) is 8.42 Å². The molecule has 2 aliphatic heterocycles. The third-order valence-corrected chi connectivity index (χ3v) is 7.86. The molecule has 0 radical (unpaired) electrons. The second kappa shape index (κ2) is 8.97. The molecular formula is C20H33N4O4S+. The Kier molecular flexibility index (Phi) is 6.80. The van der Waals surface area contributed by atoms with E-state index in [1.807, 2.05) is 18.7 Å². The average molecular weight is 426 g/mol. The van der Waals surface area contributed by atoms with Crippen molar-refractivity contribution in [3.05, 3.63) is 28.3 Å². The van der Waals surface area contributed by atoms with Crippen molar-refractivity contribution in [1.29, 1.82) is 0 Å². The van der Waals surface area contributed by atoms with Gasteiger partial charge in [-0.05, 0) is 36.8 Å². The third kappa shape index (κ3) is 4.90. The number of nitrogens with zero attached hydrogens (tertiary/aromatic N) is 3. The number of anilines is 1. The van der Waals surface area contributed by atoms with Crippen LogP contribution < -0.4 is 9.80 Å². The first-order chi connectivity index (χ1) is 13.7. The minimum absolute atomic E-state index is 0.0180. The Morgan fingerprint density at radius 3 is 2.34 bits per heavy atom. The summed E-state index contributed by atoms with van der Waals surface area (Å²) in [6.07, 6.45) is 2.12. The maximum atomic E-state index is 13.1. The molecule has 3 rings (SSSR count). The molecule has 0 bridgehead atoms. The maximum Gasteiger partial charge on any atom is 0.293 e. The number of piperazine rings is 1. The summed E-state index contributed by atoms with van der Waals surface area (Å²) in [6.45, 7) is 11.6. The van der Waals surface area contributed by atoms with Gasteiger partial charge >= 0.3 is 0 Å². The summed E-state index contributed by atoms with van der Waals surface area (Å²) >= 11 is 0. The Hall–Kier alpha value is -1.71. The van der Waals surface area contributed by atoms with Crippen LogP contribution in [-0.4, -0.2) is 63.5 Å². The van der Waals surface area contributed by atoms with Crippen LogP contribution in [0.1, 0.15) is 33.6 Å². The summed E-state index contributed by atoms with van der Waals surface area (Å²) in [7, 11) is -3.74. The molecule has 0 saturated carbocycles. The maximum absolute atomic E-state index is 13.1. The molecule has 8 nitrogen and oxygen atoms in total. The molecule has 2 fully saturated rings. The van der Waals surface area contributed by atoms with E-state index in [1.54, 1.807) is 6.07 Å². The summed E-state index contributed by atoms with van der Waals surface area (Å²) < 4.78 is 27.8. The molecule has 162 valence electrons. The van der Waals surface area contributed by atoms with E-state index in [0.29, 0.717) is 18.8 Å². The number of hydrogen-bond donors (Lipinski definition) is 1. The van der Waals surface area contributed by atoms with Crippen molar-refractivity contribution in [3.63, 3.8) is 0 Å². The monoisotopic (exact) mass is 425 g/mol. The quantitative estimate of drug-likeness (QED) is 0.549. The van der Waals surface area contributed by atoms with E-state index in [0.717, 1.165) is 45.6 Å². The number of nitrogens with one attached hydrogen (secondary N) is 1. The van der Waals surface area contributed by atoms with Gasteiger partial charge in [-0.2, -0.15) is 4.31 Å². The summed E-state index contributed by atoms with van der Waals surface area (Å²) in [5, 5.41) is 11.8. The smallest absolute Gasteiger partial charge is 0.293 e. The molecule has 2 atom stereocenters. The van der Waals surface area contributed by atoms with Crippen LogP contribution >= 0.6 is 0 Å². The lowest BCUT2D eigenvalue weighted by Gasteiger charge is -2.34. The summed E-state index contributed by atoms with van der Waals surface area (Å²) in [6, 6.07) is 4.40. The number of hydrogen-bond acceptors (Lipinski definition) is 5. The molecule has 0 aromatic heterocycles. The average Bonchev–Trinajstić information content (AvgIpc) is 2.67. The van der Waals surface area contributed by atoms with Crippen LogP contribution in [0.2, 0.25) is 0 Å². The van der Waals surface area contributed by atoms with Gasteiger partial charge in [-0.15, -0.1) is 0 Å². The number of nitro benzene ring substituents is 1. The number of nitro groups is 1. The standard InChI is InChI=1S/C20H32N4O4S/c1-4-7-21-8-10-22(11-9-21)19-6-5-18(13-20(19)24(25)26)29(27,28)23-14-16(2)12-17(3)15-23/h5-6,13,16-17H,4,7-12,14-15H2,1-3H3/p+1/t16-,17-/m1/s1. The zero-order valence-electron chi connectivity index (χ0n) is 17.6. The molecule has 2 saturated heterocycles. The zero-order valence-corrected chi connectivity index (χ0v) is 18.5. The predicted octanol–water partition coefficient (Wildman–Crippen LogP) is 1.38. The molecule has 29 heavy (non-hydrogen) atoms. The van der Waals surface area contributed by atoms with E-state index < -0.39 is 14.9 Å². The molecule has 0 unspecified atom stereocenters. The van der Waals surface area contributed by atoms with Crippen LogP contribution in [0.3, 0.4) is 0 Å². The van der Waals surface area contributed by atoms with Crippen LogP contribution in [0.25, 0.3) is 0 Å². The molecule has 0 spiro atoms. The Labute approximate surface area is 173 Å². The highest BCUT2D eigenvalue weighted by atomic mass is 32.2. The molecular weight excluding hydrogens is 392 g/mol. The molecule has 2 heterocycles. The van der Waals surface area contributed by atoms with Crippen LogP contribution in [-0.2, 0) is 10.0 Å². The summed E-state index contributed by atoms with van der Waals surface area (Å²) in [5.41, 5.74) is 0.396. The largest absolute Gasteiger partial charge is 0.355 e. The van der Waals surface area contributed by atoms with E-state index in [2.05, 4.69) is 6.92 Å². The molecule has 2 aliphatic rings. The highest BCUT2D eigenvalue weighted by Gasteiger charge is 2.34. The van der Waals surface area contributed by atoms with Gasteiger partial charge in [0, 0.05) is 19.2 Å². The molecule has 1 aromatic rings. The molecule has 1 aromatic carbocycles. The fraction of sp³-hybridized carbons (Fsp3) is 0.700. The minimum atomic E-state index is -3.74. The van der Waals surface area contributed by atoms with E-state index in [9.17, 15) is 18.5 Å². The van der Waals surface area contributed by atoms with Crippen molar-refractivity contribution in [2.24, 2.45) is 11.8 Å². The van der Waals surface area contributed by atoms with Crippen LogP contribution in [0.4, 0.5) is 11.4 Å². The fourth-order valence-electron chi connectivity index (χ4n) is 4.70. The Morgan fingerprint density at radius 2 is 1.79 bits per heavy atom. The Morgan fingerprint density at radius 1 is 1.17 bits per heavy atom. The topological polar surface area (TPSA) is 88.2 Å². The number of quaternary nitrogens is 1. The first-order valence-electron chi connectivity index (χ1n) is 10.6. The number of rotatable bonds is 6. The van der Waals surface area contributed by atoms with Crippen molar-refractivity contribution in [1.82, 2.24) is 4.31 Å². The van der Waals surface area contributed by atoms with Gasteiger partial charge in [0.2, 0.25) is 10.0 Å². The lowest BCUT2D eigenvalue weighted by Crippen LogP contribution is -3.14. The van der Waals surface area contributed by atoms with Gasteiger partial charge in [0.15, 0.2) is 0 Å². The lowest BCUT2D eigenvalue weighted by molar-refractivity contribution is -0.900. The van der Waals surface area contributed by atoms with Gasteiger partial charge in [0.1, 0.15) is 5.69 Å². The second-order valence-electron chi connectivity index (χ2n) is 8.66. The van der Waals surface area contributed by atoms with E-state index in [-0.39, 0.29) is 22.4 Å². The van der Waals surface area contributed by atoms with Crippen LogP contribution in [0.5, 0.6) is 0 Å².